The molecule has 14 heavy (non-hydrogen) atoms. The Bertz CT molecular complexity index is 269. The quantitative estimate of drug-likeness (QED) is 0.525. The minimum absolute atomic E-state index is 0.0311. The topological polar surface area (TPSA) is 35.5 Å². The molecule has 0 aromatic heterocycles. The lowest BCUT2D eigenvalue weighted by atomic mass is 10.2. The van der Waals surface area contributed by atoms with Crippen molar-refractivity contribution in [2.45, 2.75) is 6.42 Å². The van der Waals surface area contributed by atoms with Crippen molar-refractivity contribution >= 4 is 5.97 Å². The summed E-state index contributed by atoms with van der Waals surface area (Å²) in [5, 5.41) is 0. The van der Waals surface area contributed by atoms with Gasteiger partial charge in [-0.05, 0) is 12.0 Å². The van der Waals surface area contributed by atoms with E-state index in [1.807, 2.05) is 30.3 Å². The van der Waals surface area contributed by atoms with Crippen molar-refractivity contribution in [2.24, 2.45) is 0 Å². The smallest absolute Gasteiger partial charge is 0.331 e. The summed E-state index contributed by atoms with van der Waals surface area (Å²) in [5.74, 6) is -0.335. The van der Waals surface area contributed by atoms with Gasteiger partial charge < -0.3 is 9.47 Å². The summed E-state index contributed by atoms with van der Waals surface area (Å²) in [6, 6.07) is 9.99. The second-order valence-corrected chi connectivity index (χ2v) is 2.86. The van der Waals surface area contributed by atoms with Crippen molar-refractivity contribution in [1.29, 1.82) is 0 Å². The molecule has 0 fully saturated rings. The average Bonchev–Trinajstić information content (AvgIpc) is 2.25. The summed E-state index contributed by atoms with van der Waals surface area (Å²) in [7, 11) is 1.35. The molecule has 1 aromatic carbocycles. The van der Waals surface area contributed by atoms with Crippen LogP contribution in [-0.2, 0) is 20.7 Å². The van der Waals surface area contributed by atoms with Gasteiger partial charge in [-0.2, -0.15) is 0 Å². The summed E-state index contributed by atoms with van der Waals surface area (Å²) in [5.41, 5.74) is 1.21. The van der Waals surface area contributed by atoms with Gasteiger partial charge in [-0.1, -0.05) is 30.3 Å². The van der Waals surface area contributed by atoms with Crippen LogP contribution in [0.3, 0.4) is 0 Å². The first kappa shape index (κ1) is 10.7. The molecule has 0 spiro atoms. The number of benzene rings is 1. The van der Waals surface area contributed by atoms with Crippen LogP contribution in [0, 0.1) is 0 Å². The first-order valence-corrected chi connectivity index (χ1v) is 4.51. The molecule has 0 N–H and O–H groups in total. The van der Waals surface area contributed by atoms with E-state index < -0.39 is 0 Å². The van der Waals surface area contributed by atoms with E-state index in [-0.39, 0.29) is 12.6 Å². The molecule has 0 unspecified atom stereocenters. The van der Waals surface area contributed by atoms with Crippen LogP contribution in [0.4, 0.5) is 0 Å². The molecule has 1 rings (SSSR count). The fraction of sp³-hybridized carbons (Fsp3) is 0.364. The van der Waals surface area contributed by atoms with E-state index >= 15 is 0 Å². The fourth-order valence-corrected chi connectivity index (χ4v) is 1.05. The van der Waals surface area contributed by atoms with Crippen molar-refractivity contribution in [3.05, 3.63) is 35.9 Å². The van der Waals surface area contributed by atoms with Crippen molar-refractivity contribution in [3.8, 4) is 0 Å². The van der Waals surface area contributed by atoms with Crippen LogP contribution in [0.5, 0.6) is 0 Å². The van der Waals surface area contributed by atoms with E-state index in [0.717, 1.165) is 6.42 Å². The summed E-state index contributed by atoms with van der Waals surface area (Å²) in [6.45, 7) is 0.572. The number of methoxy groups -OCH3 is 1. The monoisotopic (exact) mass is 194 g/mol. The molecule has 0 heterocycles. The third-order valence-corrected chi connectivity index (χ3v) is 1.83. The zero-order valence-electron chi connectivity index (χ0n) is 8.23. The van der Waals surface area contributed by atoms with Crippen molar-refractivity contribution in [3.63, 3.8) is 0 Å². The number of esters is 1. The van der Waals surface area contributed by atoms with Crippen LogP contribution in [0.25, 0.3) is 0 Å². The molecule has 1 aromatic rings. The zero-order valence-corrected chi connectivity index (χ0v) is 8.23. The lowest BCUT2D eigenvalue weighted by Crippen LogP contribution is -2.11. The zero-order chi connectivity index (χ0) is 10.2. The van der Waals surface area contributed by atoms with E-state index in [9.17, 15) is 4.79 Å². The highest BCUT2D eigenvalue weighted by Gasteiger charge is 1.99. The van der Waals surface area contributed by atoms with E-state index in [4.69, 9.17) is 4.74 Å². The van der Waals surface area contributed by atoms with Gasteiger partial charge in [0.2, 0.25) is 0 Å². The lowest BCUT2D eigenvalue weighted by molar-refractivity contribution is -0.145. The molecule has 0 amide bonds. The van der Waals surface area contributed by atoms with Gasteiger partial charge in [0.25, 0.3) is 0 Å². The Morgan fingerprint density at radius 2 is 2.00 bits per heavy atom. The molecule has 0 radical (unpaired) electrons. The molecule has 0 saturated heterocycles. The van der Waals surface area contributed by atoms with Crippen LogP contribution < -0.4 is 0 Å². The van der Waals surface area contributed by atoms with E-state index in [1.54, 1.807) is 0 Å². The SMILES string of the molecule is COC(=O)COCCc1ccccc1. The normalized spacial score (nSPS) is 9.79. The van der Waals surface area contributed by atoms with Gasteiger partial charge in [0.15, 0.2) is 0 Å². The predicted octanol–water partition coefficient (Wildman–Crippen LogP) is 1.42. The minimum atomic E-state index is -0.335. The summed E-state index contributed by atoms with van der Waals surface area (Å²) in [4.78, 5) is 10.7. The highest BCUT2D eigenvalue weighted by Crippen LogP contribution is 1.99. The molecule has 0 atom stereocenters. The minimum Gasteiger partial charge on any atom is -0.467 e. The van der Waals surface area contributed by atoms with Gasteiger partial charge in [0.05, 0.1) is 13.7 Å². The molecular weight excluding hydrogens is 180 g/mol. The third-order valence-electron chi connectivity index (χ3n) is 1.83. The van der Waals surface area contributed by atoms with Gasteiger partial charge in [0, 0.05) is 0 Å². The molecular formula is C11H14O3. The molecule has 3 heteroatoms. The number of rotatable bonds is 5. The number of carbonyl (C=O) groups excluding carboxylic acids is 1. The van der Waals surface area contributed by atoms with Crippen molar-refractivity contribution < 1.29 is 14.3 Å². The Morgan fingerprint density at radius 1 is 1.29 bits per heavy atom. The Kier molecular flexibility index (Phi) is 4.72. The van der Waals surface area contributed by atoms with E-state index in [2.05, 4.69) is 4.74 Å². The summed E-state index contributed by atoms with van der Waals surface area (Å²) >= 11 is 0. The Morgan fingerprint density at radius 3 is 2.64 bits per heavy atom. The molecule has 0 aliphatic rings. The van der Waals surface area contributed by atoms with Crippen LogP contribution in [0.1, 0.15) is 5.56 Å². The van der Waals surface area contributed by atoms with Gasteiger partial charge in [-0.25, -0.2) is 4.79 Å². The molecule has 0 aliphatic carbocycles. The Labute approximate surface area is 83.6 Å². The highest BCUT2D eigenvalue weighted by molar-refractivity contribution is 5.70. The predicted molar refractivity (Wildman–Crippen MR) is 53.0 cm³/mol. The van der Waals surface area contributed by atoms with Gasteiger partial charge in [0.1, 0.15) is 6.61 Å². The molecule has 3 nitrogen and oxygen atoms in total. The summed E-state index contributed by atoms with van der Waals surface area (Å²) in [6.07, 6.45) is 0.817. The molecule has 0 saturated carbocycles. The maximum absolute atomic E-state index is 10.7. The lowest BCUT2D eigenvalue weighted by Gasteiger charge is -2.02. The van der Waals surface area contributed by atoms with E-state index in [1.165, 1.54) is 12.7 Å². The second-order valence-electron chi connectivity index (χ2n) is 2.86. The first-order valence-electron chi connectivity index (χ1n) is 4.51. The second kappa shape index (κ2) is 6.16. The highest BCUT2D eigenvalue weighted by atomic mass is 16.6. The summed E-state index contributed by atoms with van der Waals surface area (Å²) < 4.78 is 9.55. The number of hydrogen-bond acceptors (Lipinski definition) is 3. The van der Waals surface area contributed by atoms with Gasteiger partial charge >= 0.3 is 5.97 Å². The van der Waals surface area contributed by atoms with Crippen LogP contribution in [0.2, 0.25) is 0 Å². The van der Waals surface area contributed by atoms with Gasteiger partial charge in [-0.3, -0.25) is 0 Å². The fourth-order valence-electron chi connectivity index (χ4n) is 1.05. The van der Waals surface area contributed by atoms with Crippen LogP contribution in [0.15, 0.2) is 30.3 Å². The van der Waals surface area contributed by atoms with Gasteiger partial charge in [-0.15, -0.1) is 0 Å². The van der Waals surface area contributed by atoms with Crippen molar-refractivity contribution in [2.75, 3.05) is 20.3 Å². The maximum atomic E-state index is 10.7. The number of ether oxygens (including phenoxy) is 2. The number of carbonyl (C=O) groups is 1. The Hall–Kier alpha value is -1.35. The molecule has 76 valence electrons. The molecule has 0 bridgehead atoms. The average molecular weight is 194 g/mol. The maximum Gasteiger partial charge on any atom is 0.331 e. The van der Waals surface area contributed by atoms with Crippen LogP contribution >= 0.6 is 0 Å². The molecule has 0 aliphatic heterocycles. The van der Waals surface area contributed by atoms with E-state index in [0.29, 0.717) is 6.61 Å². The van der Waals surface area contributed by atoms with Crippen LogP contribution in [-0.4, -0.2) is 26.3 Å². The number of hydrogen-bond donors (Lipinski definition) is 0. The largest absolute Gasteiger partial charge is 0.467 e. The Balaban J connectivity index is 2.13. The van der Waals surface area contributed by atoms with Crippen molar-refractivity contribution in [1.82, 2.24) is 0 Å². The third kappa shape index (κ3) is 4.05. The standard InChI is InChI=1S/C11H14O3/c1-13-11(12)9-14-8-7-10-5-3-2-4-6-10/h2-6H,7-9H2,1H3. The first-order chi connectivity index (χ1) is 6.83.